The zero-order valence-corrected chi connectivity index (χ0v) is 13.6. The van der Waals surface area contributed by atoms with Crippen LogP contribution in [0.15, 0.2) is 61.2 Å². The van der Waals surface area contributed by atoms with Gasteiger partial charge < -0.3 is 10.3 Å². The molecule has 2 N–H and O–H groups in total. The van der Waals surface area contributed by atoms with Crippen LogP contribution in [0, 0.1) is 5.82 Å². The Morgan fingerprint density at radius 3 is 2.88 bits per heavy atom. The molecule has 7 heteroatoms. The highest BCUT2D eigenvalue weighted by Crippen LogP contribution is 2.26. The average molecular weight is 347 g/mol. The predicted molar refractivity (Wildman–Crippen MR) is 95.9 cm³/mol. The number of benzene rings is 1. The summed E-state index contributed by atoms with van der Waals surface area (Å²) >= 11 is 0. The number of H-pyrrole nitrogens is 1. The maximum absolute atomic E-state index is 13.7. The number of rotatable bonds is 4. The van der Waals surface area contributed by atoms with Gasteiger partial charge in [-0.05, 0) is 23.8 Å². The summed E-state index contributed by atoms with van der Waals surface area (Å²) in [5, 5.41) is 3.61. The molecule has 128 valence electrons. The first kappa shape index (κ1) is 15.9. The fourth-order valence-corrected chi connectivity index (χ4v) is 2.74. The Bertz CT molecular complexity index is 1090. The number of nitrogens with one attached hydrogen (secondary N) is 2. The second kappa shape index (κ2) is 6.72. The number of carbonyl (C=O) groups excluding carboxylic acids is 1. The fraction of sp³-hybridized carbons (Fsp3) is 0.0526. The van der Waals surface area contributed by atoms with E-state index in [9.17, 15) is 9.18 Å². The number of carbonyl (C=O) groups is 1. The summed E-state index contributed by atoms with van der Waals surface area (Å²) in [5.74, 6) is -0.396. The number of amides is 1. The number of hydrogen-bond acceptors (Lipinski definition) is 4. The summed E-state index contributed by atoms with van der Waals surface area (Å²) in [6.07, 6.45) is 4.83. The van der Waals surface area contributed by atoms with Crippen molar-refractivity contribution in [2.45, 2.75) is 6.42 Å². The van der Waals surface area contributed by atoms with E-state index in [1.165, 1.54) is 12.4 Å². The van der Waals surface area contributed by atoms with Crippen LogP contribution in [-0.2, 0) is 11.2 Å². The number of anilines is 1. The molecule has 0 aliphatic rings. The molecule has 0 aliphatic carbocycles. The summed E-state index contributed by atoms with van der Waals surface area (Å²) in [6, 6.07) is 11.7. The minimum Gasteiger partial charge on any atom is -0.345 e. The van der Waals surface area contributed by atoms with Crippen molar-refractivity contribution in [1.82, 2.24) is 19.9 Å². The number of aromatic nitrogens is 4. The van der Waals surface area contributed by atoms with Crippen molar-refractivity contribution in [3.8, 4) is 11.3 Å². The number of fused-ring (bicyclic) bond motifs is 1. The maximum atomic E-state index is 13.7. The molecule has 6 nitrogen and oxygen atoms in total. The Kier molecular flexibility index (Phi) is 4.10. The molecule has 1 aromatic carbocycles. The van der Waals surface area contributed by atoms with Crippen LogP contribution in [0.3, 0.4) is 0 Å². The minimum atomic E-state index is -0.405. The monoisotopic (exact) mass is 347 g/mol. The van der Waals surface area contributed by atoms with Crippen LogP contribution < -0.4 is 5.32 Å². The van der Waals surface area contributed by atoms with Gasteiger partial charge in [0.25, 0.3) is 0 Å². The third-order valence-electron chi connectivity index (χ3n) is 3.97. The second-order valence-corrected chi connectivity index (χ2v) is 5.71. The van der Waals surface area contributed by atoms with Gasteiger partial charge in [-0.15, -0.1) is 0 Å². The lowest BCUT2D eigenvalue weighted by Gasteiger charge is -2.06. The summed E-state index contributed by atoms with van der Waals surface area (Å²) in [6.45, 7) is 0. The van der Waals surface area contributed by atoms with Crippen LogP contribution >= 0.6 is 0 Å². The molecule has 3 heterocycles. The summed E-state index contributed by atoms with van der Waals surface area (Å²) in [4.78, 5) is 27.9. The van der Waals surface area contributed by atoms with Crippen molar-refractivity contribution in [3.63, 3.8) is 0 Å². The van der Waals surface area contributed by atoms with E-state index >= 15 is 0 Å². The average Bonchev–Trinajstić information content (AvgIpc) is 3.08. The largest absolute Gasteiger partial charge is 0.345 e. The molecule has 26 heavy (non-hydrogen) atoms. The standard InChI is InChI=1S/C19H14FN5O/c20-15-6-2-1-4-12(15)8-18(26)25-17-9-16(23-11-24-17)14-10-22-19-13(14)5-3-7-21-19/h1-7,9-11H,8H2,(H,21,22)(H,23,24,25,26). The normalized spacial score (nSPS) is 10.8. The molecule has 0 saturated carbocycles. The molecule has 0 atom stereocenters. The van der Waals surface area contributed by atoms with Crippen LogP contribution in [0.25, 0.3) is 22.3 Å². The third-order valence-corrected chi connectivity index (χ3v) is 3.97. The second-order valence-electron chi connectivity index (χ2n) is 5.71. The van der Waals surface area contributed by atoms with Crippen molar-refractivity contribution < 1.29 is 9.18 Å². The van der Waals surface area contributed by atoms with Gasteiger partial charge in [0.1, 0.15) is 23.6 Å². The Labute approximate surface area is 148 Å². The van der Waals surface area contributed by atoms with Crippen LogP contribution in [0.2, 0.25) is 0 Å². The SMILES string of the molecule is O=C(Cc1ccccc1F)Nc1cc(-c2c[nH]c3ncccc23)ncn1. The van der Waals surface area contributed by atoms with Crippen molar-refractivity contribution in [1.29, 1.82) is 0 Å². The van der Waals surface area contributed by atoms with Gasteiger partial charge in [-0.25, -0.2) is 19.3 Å². The van der Waals surface area contributed by atoms with Crippen LogP contribution in [-0.4, -0.2) is 25.8 Å². The number of halogens is 1. The van der Waals surface area contributed by atoms with Gasteiger partial charge in [0.15, 0.2) is 0 Å². The summed E-state index contributed by atoms with van der Waals surface area (Å²) in [7, 11) is 0. The van der Waals surface area contributed by atoms with Crippen molar-refractivity contribution >= 4 is 22.8 Å². The number of aromatic amines is 1. The van der Waals surface area contributed by atoms with Crippen LogP contribution in [0.5, 0.6) is 0 Å². The lowest BCUT2D eigenvalue weighted by atomic mass is 10.1. The Hall–Kier alpha value is -3.61. The number of pyridine rings is 1. The van der Waals surface area contributed by atoms with E-state index in [1.54, 1.807) is 30.5 Å². The molecule has 0 bridgehead atoms. The molecule has 3 aromatic heterocycles. The van der Waals surface area contributed by atoms with Crippen molar-refractivity contribution in [2.24, 2.45) is 0 Å². The molecule has 0 aliphatic heterocycles. The zero-order chi connectivity index (χ0) is 17.9. The Balaban J connectivity index is 1.56. The summed E-state index contributed by atoms with van der Waals surface area (Å²) < 4.78 is 13.7. The lowest BCUT2D eigenvalue weighted by molar-refractivity contribution is -0.115. The van der Waals surface area contributed by atoms with Gasteiger partial charge in [0.05, 0.1) is 12.1 Å². The maximum Gasteiger partial charge on any atom is 0.230 e. The number of nitrogens with zero attached hydrogens (tertiary/aromatic N) is 3. The summed E-state index contributed by atoms with van der Waals surface area (Å²) in [5.41, 5.74) is 2.61. The van der Waals surface area contributed by atoms with Gasteiger partial charge in [0, 0.05) is 29.4 Å². The molecule has 4 aromatic rings. The molecule has 0 radical (unpaired) electrons. The molecule has 0 unspecified atom stereocenters. The van der Waals surface area contributed by atoms with Gasteiger partial charge in [-0.2, -0.15) is 0 Å². The quantitative estimate of drug-likeness (QED) is 0.593. The highest BCUT2D eigenvalue weighted by atomic mass is 19.1. The molecule has 0 saturated heterocycles. The minimum absolute atomic E-state index is 0.0665. The van der Waals surface area contributed by atoms with Gasteiger partial charge in [-0.1, -0.05) is 18.2 Å². The molecule has 0 fully saturated rings. The topological polar surface area (TPSA) is 83.6 Å². The molecular formula is C19H14FN5O. The molecular weight excluding hydrogens is 333 g/mol. The highest BCUT2D eigenvalue weighted by molar-refractivity contribution is 5.94. The van der Waals surface area contributed by atoms with E-state index in [2.05, 4.69) is 25.3 Å². The van der Waals surface area contributed by atoms with Gasteiger partial charge in [0.2, 0.25) is 5.91 Å². The molecule has 0 spiro atoms. The van der Waals surface area contributed by atoms with E-state index < -0.39 is 5.82 Å². The third kappa shape index (κ3) is 3.14. The first-order chi connectivity index (χ1) is 12.7. The van der Waals surface area contributed by atoms with Crippen LogP contribution in [0.4, 0.5) is 10.2 Å². The number of hydrogen-bond donors (Lipinski definition) is 2. The van der Waals surface area contributed by atoms with Crippen molar-refractivity contribution in [2.75, 3.05) is 5.32 Å². The Morgan fingerprint density at radius 2 is 2.00 bits per heavy atom. The van der Waals surface area contributed by atoms with Gasteiger partial charge >= 0.3 is 0 Å². The zero-order valence-electron chi connectivity index (χ0n) is 13.6. The van der Waals surface area contributed by atoms with E-state index in [0.29, 0.717) is 17.1 Å². The van der Waals surface area contributed by atoms with Crippen molar-refractivity contribution in [3.05, 3.63) is 72.6 Å². The fourth-order valence-electron chi connectivity index (χ4n) is 2.74. The first-order valence-electron chi connectivity index (χ1n) is 7.98. The molecule has 1 amide bonds. The predicted octanol–water partition coefficient (Wildman–Crippen LogP) is 3.34. The van der Waals surface area contributed by atoms with E-state index in [0.717, 1.165) is 16.6 Å². The lowest BCUT2D eigenvalue weighted by Crippen LogP contribution is -2.16. The van der Waals surface area contributed by atoms with E-state index in [4.69, 9.17) is 0 Å². The van der Waals surface area contributed by atoms with Gasteiger partial charge in [-0.3, -0.25) is 4.79 Å². The van der Waals surface area contributed by atoms with Crippen LogP contribution in [0.1, 0.15) is 5.56 Å². The Morgan fingerprint density at radius 1 is 1.12 bits per heavy atom. The van der Waals surface area contributed by atoms with E-state index in [-0.39, 0.29) is 12.3 Å². The highest BCUT2D eigenvalue weighted by Gasteiger charge is 2.12. The van der Waals surface area contributed by atoms with E-state index in [1.807, 2.05) is 18.3 Å². The first-order valence-corrected chi connectivity index (χ1v) is 7.98. The molecule has 4 rings (SSSR count). The smallest absolute Gasteiger partial charge is 0.230 e.